The first-order valence-corrected chi connectivity index (χ1v) is 24.6. The number of hydrogen-bond donors (Lipinski definition) is 0. The standard InChI is InChI=1S/C67H43BN2O/c1-5-21-44(22-6-1)46-37-38-60-56(39-46)68-57-42-53-50-29-13-16-32-54(50)67(48-25-9-3-10-26-48,49-27-11-4-12-28-49)55(53)43-64(57)71-65-41-47(45-23-7-2-8-24-45)40-63(66(65)68)70(60)62-36-20-19-35-61(62)69-58-33-17-14-30-51(58)52-31-15-18-34-59(52)69/h1-43H. The predicted molar refractivity (Wildman–Crippen MR) is 295 cm³/mol. The van der Waals surface area contributed by atoms with Gasteiger partial charge in [-0.05, 0) is 121 Å². The maximum Gasteiger partial charge on any atom is 0.256 e. The van der Waals surface area contributed by atoms with E-state index in [9.17, 15) is 0 Å². The fraction of sp³-hybridized carbons (Fsp3) is 0.0149. The summed E-state index contributed by atoms with van der Waals surface area (Å²) in [5.74, 6) is 1.76. The molecular weight excluding hydrogens is 860 g/mol. The Hall–Kier alpha value is -9.12. The largest absolute Gasteiger partial charge is 0.458 e. The third-order valence-corrected chi connectivity index (χ3v) is 15.5. The van der Waals surface area contributed by atoms with Crippen LogP contribution in [0.3, 0.4) is 0 Å². The Morgan fingerprint density at radius 3 is 1.58 bits per heavy atom. The van der Waals surface area contributed by atoms with Crippen LogP contribution < -0.4 is 26.0 Å². The highest BCUT2D eigenvalue weighted by Crippen LogP contribution is 2.57. The topological polar surface area (TPSA) is 17.4 Å². The molecule has 3 aliphatic rings. The van der Waals surface area contributed by atoms with E-state index in [-0.39, 0.29) is 6.71 Å². The molecule has 0 fully saturated rings. The van der Waals surface area contributed by atoms with Crippen molar-refractivity contribution in [2.45, 2.75) is 5.41 Å². The van der Waals surface area contributed by atoms with Crippen LogP contribution in [-0.2, 0) is 5.41 Å². The molecule has 0 bridgehead atoms. The number of para-hydroxylation sites is 4. The van der Waals surface area contributed by atoms with E-state index in [2.05, 4.69) is 270 Å². The van der Waals surface area contributed by atoms with Gasteiger partial charge in [-0.2, -0.15) is 0 Å². The molecule has 0 amide bonds. The minimum Gasteiger partial charge on any atom is -0.458 e. The monoisotopic (exact) mass is 902 g/mol. The molecule has 3 nitrogen and oxygen atoms in total. The Morgan fingerprint density at radius 1 is 0.338 bits per heavy atom. The van der Waals surface area contributed by atoms with Crippen LogP contribution >= 0.6 is 0 Å². The normalized spacial score (nSPS) is 13.5. The zero-order chi connectivity index (χ0) is 46.6. The van der Waals surface area contributed by atoms with E-state index in [1.54, 1.807) is 0 Å². The molecule has 0 saturated carbocycles. The maximum atomic E-state index is 7.58. The van der Waals surface area contributed by atoms with Gasteiger partial charge in [-0.3, -0.25) is 0 Å². The summed E-state index contributed by atoms with van der Waals surface area (Å²) in [6, 6.07) is 96.0. The SMILES string of the molecule is c1ccc(-c2ccc3c(c2)B2c4cc5c(cc4Oc4cc(-c6ccccc6)cc(c42)N3c2ccccc2-n2c3ccccc3c3ccccc32)C(c2ccccc2)(c2ccccc2)c2ccccc2-5)cc1. The average molecular weight is 903 g/mol. The van der Waals surface area contributed by atoms with Crippen LogP contribution in [0.15, 0.2) is 261 Å². The summed E-state index contributed by atoms with van der Waals surface area (Å²) in [5.41, 5.74) is 21.8. The van der Waals surface area contributed by atoms with Gasteiger partial charge < -0.3 is 14.2 Å². The fourth-order valence-corrected chi connectivity index (χ4v) is 12.6. The predicted octanol–water partition coefficient (Wildman–Crippen LogP) is 14.9. The van der Waals surface area contributed by atoms with Crippen molar-refractivity contribution < 1.29 is 4.74 Å². The van der Waals surface area contributed by atoms with E-state index in [0.717, 1.165) is 50.8 Å². The van der Waals surface area contributed by atoms with Crippen molar-refractivity contribution in [1.82, 2.24) is 4.57 Å². The van der Waals surface area contributed by atoms with Gasteiger partial charge in [-0.1, -0.05) is 212 Å². The molecule has 330 valence electrons. The van der Waals surface area contributed by atoms with Crippen LogP contribution in [0.5, 0.6) is 11.5 Å². The first-order chi connectivity index (χ1) is 35.2. The molecular formula is C67H43BN2O. The van der Waals surface area contributed by atoms with Crippen molar-refractivity contribution in [3.63, 3.8) is 0 Å². The number of hydrogen-bond acceptors (Lipinski definition) is 2. The molecule has 71 heavy (non-hydrogen) atoms. The molecule has 12 aromatic rings. The van der Waals surface area contributed by atoms with E-state index in [0.29, 0.717) is 0 Å². The fourth-order valence-electron chi connectivity index (χ4n) is 12.6. The molecule has 3 heterocycles. The highest BCUT2D eigenvalue weighted by atomic mass is 16.5. The number of rotatable bonds is 6. The Morgan fingerprint density at radius 2 is 0.901 bits per heavy atom. The molecule has 11 aromatic carbocycles. The minimum absolute atomic E-state index is 0.148. The lowest BCUT2D eigenvalue weighted by atomic mass is 9.34. The van der Waals surface area contributed by atoms with Crippen LogP contribution in [-0.4, -0.2) is 11.3 Å². The van der Waals surface area contributed by atoms with Gasteiger partial charge in [0.15, 0.2) is 0 Å². The van der Waals surface area contributed by atoms with Crippen molar-refractivity contribution in [2.24, 2.45) is 0 Å². The third-order valence-electron chi connectivity index (χ3n) is 15.5. The summed E-state index contributed by atoms with van der Waals surface area (Å²) in [6.07, 6.45) is 0. The summed E-state index contributed by atoms with van der Waals surface area (Å²) in [6.45, 7) is -0.148. The summed E-state index contributed by atoms with van der Waals surface area (Å²) >= 11 is 0. The zero-order valence-electron chi connectivity index (χ0n) is 38.7. The molecule has 0 unspecified atom stereocenters. The molecule has 0 N–H and O–H groups in total. The molecule has 15 rings (SSSR count). The Kier molecular flexibility index (Phi) is 8.67. The maximum absolute atomic E-state index is 7.58. The summed E-state index contributed by atoms with van der Waals surface area (Å²) in [7, 11) is 0. The Labute approximate surface area is 413 Å². The Balaban J connectivity index is 1.04. The number of benzene rings is 11. The van der Waals surface area contributed by atoms with Crippen LogP contribution in [0.25, 0.3) is 60.9 Å². The highest BCUT2D eigenvalue weighted by molar-refractivity contribution is 6.99. The van der Waals surface area contributed by atoms with E-state index < -0.39 is 5.41 Å². The van der Waals surface area contributed by atoms with Gasteiger partial charge >= 0.3 is 0 Å². The summed E-state index contributed by atoms with van der Waals surface area (Å²) in [5, 5.41) is 2.46. The van der Waals surface area contributed by atoms with Gasteiger partial charge in [0.2, 0.25) is 0 Å². The second-order valence-corrected chi connectivity index (χ2v) is 19.1. The number of fused-ring (bicyclic) bond motifs is 10. The second kappa shape index (κ2) is 15.4. The average Bonchev–Trinajstić information content (AvgIpc) is 3.93. The van der Waals surface area contributed by atoms with Crippen LogP contribution in [0.2, 0.25) is 0 Å². The molecule has 1 aromatic heterocycles. The number of anilines is 3. The molecule has 2 aliphatic heterocycles. The van der Waals surface area contributed by atoms with Crippen molar-refractivity contribution in [2.75, 3.05) is 4.90 Å². The lowest BCUT2D eigenvalue weighted by molar-refractivity contribution is 0.486. The molecule has 0 spiro atoms. The second-order valence-electron chi connectivity index (χ2n) is 19.1. The van der Waals surface area contributed by atoms with Gasteiger partial charge in [0.25, 0.3) is 6.71 Å². The number of aromatic nitrogens is 1. The van der Waals surface area contributed by atoms with Crippen molar-refractivity contribution in [3.8, 4) is 50.6 Å². The molecule has 1 aliphatic carbocycles. The summed E-state index contributed by atoms with van der Waals surface area (Å²) in [4.78, 5) is 2.53. The summed E-state index contributed by atoms with van der Waals surface area (Å²) < 4.78 is 10.0. The number of ether oxygens (including phenoxy) is 1. The van der Waals surface area contributed by atoms with Crippen LogP contribution in [0, 0.1) is 0 Å². The van der Waals surface area contributed by atoms with E-state index >= 15 is 0 Å². The van der Waals surface area contributed by atoms with Gasteiger partial charge in [0.1, 0.15) is 11.5 Å². The van der Waals surface area contributed by atoms with Gasteiger partial charge in [0, 0.05) is 22.1 Å². The van der Waals surface area contributed by atoms with Gasteiger partial charge in [-0.15, -0.1) is 0 Å². The minimum atomic E-state index is -0.567. The van der Waals surface area contributed by atoms with Crippen LogP contribution in [0.4, 0.5) is 17.1 Å². The Bertz CT molecular complexity index is 4000. The quantitative estimate of drug-likeness (QED) is 0.155. The molecule has 4 heteroatoms. The van der Waals surface area contributed by atoms with Crippen LogP contribution in [0.1, 0.15) is 22.3 Å². The molecule has 0 radical (unpaired) electrons. The lowest BCUT2D eigenvalue weighted by Gasteiger charge is -2.41. The molecule has 0 saturated heterocycles. The smallest absolute Gasteiger partial charge is 0.256 e. The van der Waals surface area contributed by atoms with E-state index in [1.165, 1.54) is 77.2 Å². The van der Waals surface area contributed by atoms with E-state index in [4.69, 9.17) is 4.74 Å². The van der Waals surface area contributed by atoms with Gasteiger partial charge in [-0.25, -0.2) is 0 Å². The number of nitrogens with zero attached hydrogens (tertiary/aromatic N) is 2. The first kappa shape index (κ1) is 39.8. The van der Waals surface area contributed by atoms with Crippen molar-refractivity contribution in [1.29, 1.82) is 0 Å². The third kappa shape index (κ3) is 5.73. The first-order valence-electron chi connectivity index (χ1n) is 24.6. The van der Waals surface area contributed by atoms with E-state index in [1.807, 2.05) is 0 Å². The van der Waals surface area contributed by atoms with Gasteiger partial charge in [0.05, 0.1) is 27.8 Å². The van der Waals surface area contributed by atoms with Crippen molar-refractivity contribution >= 4 is 62.0 Å². The zero-order valence-corrected chi connectivity index (χ0v) is 38.7. The lowest BCUT2D eigenvalue weighted by Crippen LogP contribution is -2.59. The molecule has 0 atom stereocenters. The van der Waals surface area contributed by atoms with Crippen molar-refractivity contribution in [3.05, 3.63) is 283 Å². The highest BCUT2D eigenvalue weighted by Gasteiger charge is 2.49.